The van der Waals surface area contributed by atoms with Gasteiger partial charge in [0.25, 0.3) is 11.6 Å². The number of ether oxygens (including phenoxy) is 1. The van der Waals surface area contributed by atoms with Crippen molar-refractivity contribution in [3.05, 3.63) is 50.8 Å². The summed E-state index contributed by atoms with van der Waals surface area (Å²) < 4.78 is 6.58. The molecule has 0 atom stereocenters. The summed E-state index contributed by atoms with van der Waals surface area (Å²) in [6.07, 6.45) is 1.14. The number of aromatic nitrogens is 2. The summed E-state index contributed by atoms with van der Waals surface area (Å²) in [6, 6.07) is 3.67. The molecule has 0 radical (unpaired) electrons. The molecular weight excluding hydrogens is 364 g/mol. The lowest BCUT2D eigenvalue weighted by Gasteiger charge is -2.08. The normalized spacial score (nSPS) is 10.7. The molecule has 2 rings (SSSR count). The fourth-order valence-electron chi connectivity index (χ4n) is 2.08. The van der Waals surface area contributed by atoms with E-state index in [-0.39, 0.29) is 33.8 Å². The van der Waals surface area contributed by atoms with E-state index in [2.05, 4.69) is 10.4 Å². The van der Waals surface area contributed by atoms with E-state index < -0.39 is 16.8 Å². The Hall–Kier alpha value is -2.94. The van der Waals surface area contributed by atoms with E-state index in [1.54, 1.807) is 13.8 Å². The Bertz CT molecular complexity index is 862. The van der Waals surface area contributed by atoms with Gasteiger partial charge in [-0.1, -0.05) is 11.6 Å². The first-order valence-electron chi connectivity index (χ1n) is 7.76. The fraction of sp³-hybridized carbons (Fsp3) is 0.312. The van der Waals surface area contributed by atoms with Gasteiger partial charge in [-0.15, -0.1) is 0 Å². The molecule has 0 saturated carbocycles. The van der Waals surface area contributed by atoms with Crippen LogP contribution >= 0.6 is 11.6 Å². The molecule has 2 aromatic rings. The molecule has 0 aliphatic carbocycles. The van der Waals surface area contributed by atoms with Crippen molar-refractivity contribution < 1.29 is 19.2 Å². The molecule has 0 spiro atoms. The van der Waals surface area contributed by atoms with Crippen LogP contribution in [0.15, 0.2) is 24.4 Å². The van der Waals surface area contributed by atoms with E-state index in [9.17, 15) is 19.7 Å². The molecule has 1 amide bonds. The molecule has 0 bridgehead atoms. The molecule has 1 aromatic carbocycles. The van der Waals surface area contributed by atoms with Crippen LogP contribution in [0.4, 0.5) is 11.4 Å². The molecule has 10 heteroatoms. The highest BCUT2D eigenvalue weighted by Crippen LogP contribution is 2.26. The van der Waals surface area contributed by atoms with E-state index in [1.165, 1.54) is 23.0 Å². The lowest BCUT2D eigenvalue weighted by molar-refractivity contribution is -0.384. The summed E-state index contributed by atoms with van der Waals surface area (Å²) in [5.41, 5.74) is -0.256. The van der Waals surface area contributed by atoms with E-state index in [0.29, 0.717) is 6.54 Å². The van der Waals surface area contributed by atoms with Crippen LogP contribution in [0.2, 0.25) is 5.02 Å². The van der Waals surface area contributed by atoms with Crippen molar-refractivity contribution in [3.8, 4) is 0 Å². The third kappa shape index (κ3) is 4.37. The zero-order chi connectivity index (χ0) is 19.4. The van der Waals surface area contributed by atoms with Crippen LogP contribution in [0.3, 0.4) is 0 Å². The molecule has 0 aliphatic rings. The van der Waals surface area contributed by atoms with Crippen LogP contribution in [-0.4, -0.2) is 32.7 Å². The molecule has 0 aliphatic heterocycles. The number of carbonyl (C=O) groups is 2. The zero-order valence-electron chi connectivity index (χ0n) is 14.4. The van der Waals surface area contributed by atoms with Gasteiger partial charge in [0.15, 0.2) is 5.69 Å². The first-order valence-corrected chi connectivity index (χ1v) is 8.14. The summed E-state index contributed by atoms with van der Waals surface area (Å²) in [4.78, 5) is 34.9. The Kier molecular flexibility index (Phi) is 5.93. The minimum atomic E-state index is -0.681. The van der Waals surface area contributed by atoms with Gasteiger partial charge in [-0.3, -0.25) is 19.6 Å². The minimum absolute atomic E-state index is 0.0218. The van der Waals surface area contributed by atoms with Gasteiger partial charge in [-0.05, 0) is 32.9 Å². The summed E-state index contributed by atoms with van der Waals surface area (Å²) in [5.74, 6) is -1.32. The predicted octanol–water partition coefficient (Wildman–Crippen LogP) is 3.28. The van der Waals surface area contributed by atoms with Crippen molar-refractivity contribution in [2.24, 2.45) is 0 Å². The molecule has 0 saturated heterocycles. The molecule has 0 fully saturated rings. The van der Waals surface area contributed by atoms with E-state index in [4.69, 9.17) is 16.3 Å². The van der Waals surface area contributed by atoms with Gasteiger partial charge in [0, 0.05) is 24.4 Å². The average molecular weight is 381 g/mol. The maximum Gasteiger partial charge on any atom is 0.361 e. The summed E-state index contributed by atoms with van der Waals surface area (Å²) in [6.45, 7) is 5.68. The number of esters is 1. The molecule has 9 nitrogen and oxygen atoms in total. The molecular formula is C16H17ClN4O5. The number of carbonyl (C=O) groups excluding carboxylic acids is 2. The predicted molar refractivity (Wildman–Crippen MR) is 94.5 cm³/mol. The quantitative estimate of drug-likeness (QED) is 0.467. The molecule has 0 unspecified atom stereocenters. The molecule has 1 N–H and O–H groups in total. The number of hydrogen-bond donors (Lipinski definition) is 1. The Labute approximate surface area is 154 Å². The molecule has 1 heterocycles. The Morgan fingerprint density at radius 3 is 2.69 bits per heavy atom. The van der Waals surface area contributed by atoms with E-state index in [1.807, 2.05) is 6.92 Å². The topological polar surface area (TPSA) is 116 Å². The zero-order valence-corrected chi connectivity index (χ0v) is 15.1. The SMILES string of the molecule is CCn1cc(NC(=O)c2ccc(Cl)c([N+](=O)[O-])c2)c(C(=O)OC(C)C)n1. The van der Waals surface area contributed by atoms with Gasteiger partial charge in [-0.2, -0.15) is 5.10 Å². The second-order valence-electron chi connectivity index (χ2n) is 5.58. The van der Waals surface area contributed by atoms with E-state index in [0.717, 1.165) is 6.07 Å². The number of halogens is 1. The first-order chi connectivity index (χ1) is 12.2. The average Bonchev–Trinajstić information content (AvgIpc) is 2.97. The minimum Gasteiger partial charge on any atom is -0.458 e. The van der Waals surface area contributed by atoms with Crippen LogP contribution in [-0.2, 0) is 11.3 Å². The number of anilines is 1. The van der Waals surface area contributed by atoms with Gasteiger partial charge in [-0.25, -0.2) is 4.79 Å². The Morgan fingerprint density at radius 2 is 2.12 bits per heavy atom. The largest absolute Gasteiger partial charge is 0.458 e. The Morgan fingerprint density at radius 1 is 1.42 bits per heavy atom. The molecule has 138 valence electrons. The van der Waals surface area contributed by atoms with Gasteiger partial charge < -0.3 is 10.1 Å². The highest BCUT2D eigenvalue weighted by molar-refractivity contribution is 6.32. The third-order valence-corrected chi connectivity index (χ3v) is 3.59. The third-order valence-electron chi connectivity index (χ3n) is 3.27. The molecule has 1 aromatic heterocycles. The lowest BCUT2D eigenvalue weighted by atomic mass is 10.2. The van der Waals surface area contributed by atoms with Crippen LogP contribution in [0.25, 0.3) is 0 Å². The monoisotopic (exact) mass is 380 g/mol. The maximum atomic E-state index is 12.4. The number of hydrogen-bond acceptors (Lipinski definition) is 6. The summed E-state index contributed by atoms with van der Waals surface area (Å²) >= 11 is 5.75. The van der Waals surface area contributed by atoms with Crippen LogP contribution < -0.4 is 5.32 Å². The standard InChI is InChI=1S/C16H17ClN4O5/c1-4-20-8-12(14(19-20)16(23)26-9(2)3)18-15(22)10-5-6-11(17)13(7-10)21(24)25/h5-9H,4H2,1-3H3,(H,18,22). The second-order valence-corrected chi connectivity index (χ2v) is 5.99. The van der Waals surface area contributed by atoms with Crippen molar-refractivity contribution in [3.63, 3.8) is 0 Å². The summed E-state index contributed by atoms with van der Waals surface area (Å²) in [7, 11) is 0. The van der Waals surface area contributed by atoms with Crippen molar-refractivity contribution in [1.82, 2.24) is 9.78 Å². The molecule has 26 heavy (non-hydrogen) atoms. The number of nitro groups is 1. The van der Waals surface area contributed by atoms with Gasteiger partial charge in [0.2, 0.25) is 0 Å². The van der Waals surface area contributed by atoms with Crippen LogP contribution in [0, 0.1) is 10.1 Å². The van der Waals surface area contributed by atoms with Crippen molar-refractivity contribution in [2.75, 3.05) is 5.32 Å². The number of nitrogens with one attached hydrogen (secondary N) is 1. The van der Waals surface area contributed by atoms with Gasteiger partial charge in [0.1, 0.15) is 5.02 Å². The fourth-order valence-corrected chi connectivity index (χ4v) is 2.27. The number of amides is 1. The highest BCUT2D eigenvalue weighted by Gasteiger charge is 2.22. The van der Waals surface area contributed by atoms with E-state index >= 15 is 0 Å². The Balaban J connectivity index is 2.31. The number of nitro benzene ring substituents is 1. The number of benzene rings is 1. The van der Waals surface area contributed by atoms with Crippen molar-refractivity contribution in [2.45, 2.75) is 33.4 Å². The number of nitrogens with zero attached hydrogens (tertiary/aromatic N) is 3. The number of aryl methyl sites for hydroxylation is 1. The summed E-state index contributed by atoms with van der Waals surface area (Å²) in [5, 5.41) is 17.5. The van der Waals surface area contributed by atoms with Crippen molar-refractivity contribution in [1.29, 1.82) is 0 Å². The van der Waals surface area contributed by atoms with Crippen LogP contribution in [0.1, 0.15) is 41.6 Å². The van der Waals surface area contributed by atoms with Gasteiger partial charge >= 0.3 is 5.97 Å². The first kappa shape index (κ1) is 19.4. The second kappa shape index (κ2) is 7.96. The van der Waals surface area contributed by atoms with Crippen LogP contribution in [0.5, 0.6) is 0 Å². The van der Waals surface area contributed by atoms with Gasteiger partial charge in [0.05, 0.1) is 16.7 Å². The van der Waals surface area contributed by atoms with Crippen molar-refractivity contribution >= 4 is 34.9 Å². The smallest absolute Gasteiger partial charge is 0.361 e. The maximum absolute atomic E-state index is 12.4. The lowest BCUT2D eigenvalue weighted by Crippen LogP contribution is -2.17. The number of rotatable bonds is 6. The highest BCUT2D eigenvalue weighted by atomic mass is 35.5.